The normalized spacial score (nSPS) is 22.6. The van der Waals surface area contributed by atoms with Crippen molar-refractivity contribution < 1.29 is 4.74 Å². The van der Waals surface area contributed by atoms with Gasteiger partial charge in [-0.1, -0.05) is 12.1 Å². The summed E-state index contributed by atoms with van der Waals surface area (Å²) >= 11 is 1.98. The van der Waals surface area contributed by atoms with E-state index in [1.54, 1.807) is 0 Å². The molecule has 4 heterocycles. The first-order valence-electron chi connectivity index (χ1n) is 10.5. The van der Waals surface area contributed by atoms with E-state index < -0.39 is 0 Å². The number of hydrogen-bond donors (Lipinski definition) is 0. The standard InChI is InChI=1S/C21H27N7OS/c1-14-12-27(13-15(2)29-14)20-23-19(26-8-10-30-11-9-26)24-21(25-20)28-16(3)22-17-6-4-5-7-18(17)28/h4-7,14-15H,8-13H2,1-3H3. The summed E-state index contributed by atoms with van der Waals surface area (Å²) in [6, 6.07) is 8.12. The third-order valence-electron chi connectivity index (χ3n) is 5.52. The molecule has 9 heteroatoms. The van der Waals surface area contributed by atoms with Gasteiger partial charge in [0.2, 0.25) is 17.8 Å². The lowest BCUT2D eigenvalue weighted by Crippen LogP contribution is -2.46. The topological polar surface area (TPSA) is 72.2 Å². The molecule has 2 atom stereocenters. The molecule has 0 radical (unpaired) electrons. The fourth-order valence-corrected chi connectivity index (χ4v) is 5.13. The molecule has 0 spiro atoms. The van der Waals surface area contributed by atoms with Gasteiger partial charge in [-0.15, -0.1) is 0 Å². The molecule has 3 aromatic rings. The number of anilines is 2. The van der Waals surface area contributed by atoms with Crippen molar-refractivity contribution in [1.29, 1.82) is 0 Å². The van der Waals surface area contributed by atoms with Gasteiger partial charge in [-0.05, 0) is 32.9 Å². The van der Waals surface area contributed by atoms with Crippen LogP contribution in [0.25, 0.3) is 17.0 Å². The number of para-hydroxylation sites is 2. The maximum atomic E-state index is 5.92. The zero-order valence-corrected chi connectivity index (χ0v) is 18.5. The molecule has 2 aromatic heterocycles. The highest BCUT2D eigenvalue weighted by molar-refractivity contribution is 7.99. The Morgan fingerprint density at radius 3 is 2.23 bits per heavy atom. The monoisotopic (exact) mass is 425 g/mol. The second kappa shape index (κ2) is 8.03. The zero-order valence-electron chi connectivity index (χ0n) is 17.7. The number of morpholine rings is 1. The van der Waals surface area contributed by atoms with Crippen molar-refractivity contribution in [2.75, 3.05) is 47.5 Å². The smallest absolute Gasteiger partial charge is 0.242 e. The van der Waals surface area contributed by atoms with Gasteiger partial charge < -0.3 is 14.5 Å². The fraction of sp³-hybridized carbons (Fsp3) is 0.524. The molecule has 0 saturated carbocycles. The molecule has 0 aliphatic carbocycles. The number of aryl methyl sites for hydroxylation is 1. The van der Waals surface area contributed by atoms with Crippen LogP contribution in [-0.4, -0.2) is 74.4 Å². The quantitative estimate of drug-likeness (QED) is 0.634. The maximum Gasteiger partial charge on any atom is 0.242 e. The number of rotatable bonds is 3. The van der Waals surface area contributed by atoms with E-state index in [1.807, 2.05) is 41.5 Å². The predicted molar refractivity (Wildman–Crippen MR) is 121 cm³/mol. The van der Waals surface area contributed by atoms with Crippen LogP contribution in [0.2, 0.25) is 0 Å². The van der Waals surface area contributed by atoms with E-state index in [2.05, 4.69) is 29.7 Å². The Bertz CT molecular complexity index is 1040. The number of thioether (sulfide) groups is 1. The van der Waals surface area contributed by atoms with E-state index in [0.717, 1.165) is 60.5 Å². The molecule has 2 fully saturated rings. The summed E-state index contributed by atoms with van der Waals surface area (Å²) in [7, 11) is 0. The van der Waals surface area contributed by atoms with Gasteiger partial charge >= 0.3 is 0 Å². The van der Waals surface area contributed by atoms with Crippen molar-refractivity contribution >= 4 is 34.7 Å². The van der Waals surface area contributed by atoms with Gasteiger partial charge in [0.05, 0.1) is 23.2 Å². The van der Waals surface area contributed by atoms with Crippen molar-refractivity contribution in [2.45, 2.75) is 33.0 Å². The molecule has 5 rings (SSSR count). The van der Waals surface area contributed by atoms with E-state index >= 15 is 0 Å². The maximum absolute atomic E-state index is 5.92. The Labute approximate surface area is 180 Å². The van der Waals surface area contributed by atoms with Gasteiger partial charge in [0, 0.05) is 37.7 Å². The third-order valence-corrected chi connectivity index (χ3v) is 6.47. The van der Waals surface area contributed by atoms with E-state index in [0.29, 0.717) is 11.9 Å². The summed E-state index contributed by atoms with van der Waals surface area (Å²) in [4.78, 5) is 23.9. The molecule has 1 aromatic carbocycles. The van der Waals surface area contributed by atoms with Crippen LogP contribution < -0.4 is 9.80 Å². The van der Waals surface area contributed by atoms with Gasteiger partial charge in [-0.2, -0.15) is 26.7 Å². The van der Waals surface area contributed by atoms with Crippen LogP contribution in [0.1, 0.15) is 19.7 Å². The summed E-state index contributed by atoms with van der Waals surface area (Å²) in [5.74, 6) is 5.15. The first-order valence-corrected chi connectivity index (χ1v) is 11.7. The minimum Gasteiger partial charge on any atom is -0.372 e. The molecule has 0 N–H and O–H groups in total. The average molecular weight is 426 g/mol. The fourth-order valence-electron chi connectivity index (χ4n) is 4.23. The number of fused-ring (bicyclic) bond motifs is 1. The Morgan fingerprint density at radius 1 is 0.867 bits per heavy atom. The lowest BCUT2D eigenvalue weighted by atomic mass is 10.2. The zero-order chi connectivity index (χ0) is 20.7. The van der Waals surface area contributed by atoms with Crippen molar-refractivity contribution in [3.05, 3.63) is 30.1 Å². The molecule has 2 unspecified atom stereocenters. The summed E-state index contributed by atoms with van der Waals surface area (Å²) in [6.07, 6.45) is 0.277. The largest absolute Gasteiger partial charge is 0.372 e. The molecule has 2 aliphatic rings. The van der Waals surface area contributed by atoms with Crippen molar-refractivity contribution in [3.63, 3.8) is 0 Å². The van der Waals surface area contributed by atoms with E-state index in [4.69, 9.17) is 24.7 Å². The molecule has 0 amide bonds. The Balaban J connectivity index is 1.63. The first kappa shape index (κ1) is 19.6. The van der Waals surface area contributed by atoms with Gasteiger partial charge in [0.1, 0.15) is 5.82 Å². The van der Waals surface area contributed by atoms with Gasteiger partial charge in [-0.25, -0.2) is 4.98 Å². The lowest BCUT2D eigenvalue weighted by molar-refractivity contribution is -0.00573. The highest BCUT2D eigenvalue weighted by Crippen LogP contribution is 2.25. The summed E-state index contributed by atoms with van der Waals surface area (Å²) < 4.78 is 7.96. The van der Waals surface area contributed by atoms with E-state index in [-0.39, 0.29) is 12.2 Å². The van der Waals surface area contributed by atoms with Crippen molar-refractivity contribution in [3.8, 4) is 5.95 Å². The molecule has 2 aliphatic heterocycles. The number of imidazole rings is 1. The van der Waals surface area contributed by atoms with Crippen LogP contribution in [0.4, 0.5) is 11.9 Å². The second-order valence-corrected chi connectivity index (χ2v) is 9.21. The van der Waals surface area contributed by atoms with Crippen LogP contribution in [0.5, 0.6) is 0 Å². The minimum atomic E-state index is 0.139. The number of ether oxygens (including phenoxy) is 1. The Morgan fingerprint density at radius 2 is 1.50 bits per heavy atom. The molecular formula is C21H27N7OS. The summed E-state index contributed by atoms with van der Waals surface area (Å²) in [5.41, 5.74) is 1.96. The van der Waals surface area contributed by atoms with Gasteiger partial charge in [0.25, 0.3) is 0 Å². The second-order valence-electron chi connectivity index (χ2n) is 7.98. The van der Waals surface area contributed by atoms with Crippen molar-refractivity contribution in [1.82, 2.24) is 24.5 Å². The number of benzene rings is 1. The molecule has 0 bridgehead atoms. The molecule has 30 heavy (non-hydrogen) atoms. The van der Waals surface area contributed by atoms with Crippen LogP contribution >= 0.6 is 11.8 Å². The minimum absolute atomic E-state index is 0.139. The number of hydrogen-bond acceptors (Lipinski definition) is 8. The third kappa shape index (κ3) is 3.72. The highest BCUT2D eigenvalue weighted by atomic mass is 32.2. The Hall–Kier alpha value is -2.39. The molecular weight excluding hydrogens is 398 g/mol. The Kier molecular flexibility index (Phi) is 5.24. The summed E-state index contributed by atoms with van der Waals surface area (Å²) in [5, 5.41) is 0. The highest BCUT2D eigenvalue weighted by Gasteiger charge is 2.27. The van der Waals surface area contributed by atoms with E-state index in [9.17, 15) is 0 Å². The van der Waals surface area contributed by atoms with Crippen molar-refractivity contribution in [2.24, 2.45) is 0 Å². The van der Waals surface area contributed by atoms with Crippen LogP contribution in [0, 0.1) is 6.92 Å². The van der Waals surface area contributed by atoms with Crippen LogP contribution in [-0.2, 0) is 4.74 Å². The van der Waals surface area contributed by atoms with Gasteiger partial charge in [-0.3, -0.25) is 4.57 Å². The lowest BCUT2D eigenvalue weighted by Gasteiger charge is -2.36. The molecule has 8 nitrogen and oxygen atoms in total. The SMILES string of the molecule is Cc1nc2ccccc2n1-c1nc(N2CCSCC2)nc(N2CC(C)OC(C)C2)n1. The van der Waals surface area contributed by atoms with E-state index in [1.165, 1.54) is 0 Å². The van der Waals surface area contributed by atoms with Crippen LogP contribution in [0.15, 0.2) is 24.3 Å². The molecule has 2 saturated heterocycles. The number of nitrogens with zero attached hydrogens (tertiary/aromatic N) is 7. The summed E-state index contributed by atoms with van der Waals surface area (Å²) in [6.45, 7) is 9.64. The number of aromatic nitrogens is 5. The average Bonchev–Trinajstić information content (AvgIpc) is 3.09. The predicted octanol–water partition coefficient (Wildman–Crippen LogP) is 2.69. The van der Waals surface area contributed by atoms with Crippen LogP contribution in [0.3, 0.4) is 0 Å². The van der Waals surface area contributed by atoms with Gasteiger partial charge in [0.15, 0.2) is 0 Å². The first-order chi connectivity index (χ1) is 14.6. The molecule has 158 valence electrons.